The summed E-state index contributed by atoms with van der Waals surface area (Å²) in [7, 11) is -3.32. The Morgan fingerprint density at radius 2 is 1.62 bits per heavy atom. The Bertz CT molecular complexity index is 573. The quantitative estimate of drug-likeness (QED) is 0.853. The summed E-state index contributed by atoms with van der Waals surface area (Å²) in [6.07, 6.45) is 8.28. The lowest BCUT2D eigenvalue weighted by Crippen LogP contribution is -2.40. The molecule has 2 aliphatic rings. The average Bonchev–Trinajstić information content (AvgIpc) is 2.99. The van der Waals surface area contributed by atoms with Gasteiger partial charge in [0, 0.05) is 12.6 Å². The summed E-state index contributed by atoms with van der Waals surface area (Å²) in [5, 5.41) is 0. The number of sulfonamides is 1. The molecule has 1 saturated carbocycles. The van der Waals surface area contributed by atoms with Crippen molar-refractivity contribution >= 4 is 10.0 Å². The first-order valence-electron chi connectivity index (χ1n) is 8.17. The Balaban J connectivity index is 1.84. The molecule has 0 bridgehead atoms. The van der Waals surface area contributed by atoms with Crippen LogP contribution in [0.5, 0.6) is 0 Å². The fourth-order valence-corrected chi connectivity index (χ4v) is 5.65. The van der Waals surface area contributed by atoms with Crippen LogP contribution in [-0.4, -0.2) is 25.3 Å². The van der Waals surface area contributed by atoms with Gasteiger partial charge in [-0.3, -0.25) is 0 Å². The number of hydrogen-bond acceptors (Lipinski definition) is 2. The molecule has 1 aromatic rings. The lowest BCUT2D eigenvalue weighted by atomic mass is 9.83. The third-order valence-corrected chi connectivity index (χ3v) is 7.01. The lowest BCUT2D eigenvalue weighted by Gasteiger charge is -2.33. The Hall–Kier alpha value is -0.870. The van der Waals surface area contributed by atoms with Crippen molar-refractivity contribution in [3.63, 3.8) is 0 Å². The van der Waals surface area contributed by atoms with Crippen LogP contribution in [0.25, 0.3) is 0 Å². The molecule has 1 heterocycles. The van der Waals surface area contributed by atoms with Crippen LogP contribution in [0.2, 0.25) is 0 Å². The fraction of sp³-hybridized carbons (Fsp3) is 0.647. The molecule has 3 rings (SSSR count). The van der Waals surface area contributed by atoms with Gasteiger partial charge < -0.3 is 0 Å². The van der Waals surface area contributed by atoms with Crippen LogP contribution in [0.15, 0.2) is 29.2 Å². The number of benzene rings is 1. The number of hydrogen-bond donors (Lipinski definition) is 0. The first kappa shape index (κ1) is 15.0. The van der Waals surface area contributed by atoms with Gasteiger partial charge in [-0.15, -0.1) is 0 Å². The molecule has 0 aromatic heterocycles. The van der Waals surface area contributed by atoms with Crippen molar-refractivity contribution in [1.29, 1.82) is 0 Å². The zero-order valence-corrected chi connectivity index (χ0v) is 13.6. The lowest BCUT2D eigenvalue weighted by molar-refractivity contribution is 0.226. The highest BCUT2D eigenvalue weighted by Gasteiger charge is 2.39. The summed E-state index contributed by atoms with van der Waals surface area (Å²) in [5.41, 5.74) is 1.10. The Labute approximate surface area is 128 Å². The van der Waals surface area contributed by atoms with Crippen LogP contribution in [-0.2, 0) is 10.0 Å². The van der Waals surface area contributed by atoms with Gasteiger partial charge in [0.15, 0.2) is 0 Å². The minimum absolute atomic E-state index is 0.233. The summed E-state index contributed by atoms with van der Waals surface area (Å²) >= 11 is 0. The fourth-order valence-electron chi connectivity index (χ4n) is 3.90. The molecule has 0 amide bonds. The molecule has 21 heavy (non-hydrogen) atoms. The van der Waals surface area contributed by atoms with E-state index in [0.29, 0.717) is 17.4 Å². The maximum Gasteiger partial charge on any atom is 0.243 e. The molecule has 3 nitrogen and oxygen atoms in total. The van der Waals surface area contributed by atoms with Crippen molar-refractivity contribution in [2.24, 2.45) is 5.92 Å². The van der Waals surface area contributed by atoms with Crippen LogP contribution < -0.4 is 0 Å². The Kier molecular flexibility index (Phi) is 4.36. The van der Waals surface area contributed by atoms with Crippen LogP contribution >= 0.6 is 0 Å². The van der Waals surface area contributed by atoms with Crippen molar-refractivity contribution in [3.05, 3.63) is 29.8 Å². The Morgan fingerprint density at radius 1 is 0.952 bits per heavy atom. The predicted octanol–water partition coefficient (Wildman–Crippen LogP) is 3.73. The van der Waals surface area contributed by atoms with E-state index in [4.69, 9.17) is 0 Å². The molecule has 0 radical (unpaired) electrons. The first-order chi connectivity index (χ1) is 10.1. The van der Waals surface area contributed by atoms with Crippen molar-refractivity contribution in [2.75, 3.05) is 6.54 Å². The molecule has 1 aliphatic carbocycles. The second-order valence-electron chi connectivity index (χ2n) is 6.54. The molecule has 4 heteroatoms. The van der Waals surface area contributed by atoms with Gasteiger partial charge in [-0.1, -0.05) is 37.0 Å². The van der Waals surface area contributed by atoms with E-state index >= 15 is 0 Å². The van der Waals surface area contributed by atoms with E-state index < -0.39 is 10.0 Å². The van der Waals surface area contributed by atoms with Gasteiger partial charge >= 0.3 is 0 Å². The number of rotatable bonds is 3. The van der Waals surface area contributed by atoms with Crippen molar-refractivity contribution in [3.8, 4) is 0 Å². The van der Waals surface area contributed by atoms with E-state index in [-0.39, 0.29) is 6.04 Å². The molecular weight excluding hydrogens is 282 g/mol. The van der Waals surface area contributed by atoms with E-state index in [1.807, 2.05) is 19.1 Å². The molecular formula is C17H25NO2S. The van der Waals surface area contributed by atoms with E-state index in [0.717, 1.165) is 18.4 Å². The second kappa shape index (κ2) is 6.09. The van der Waals surface area contributed by atoms with Gasteiger partial charge in [-0.2, -0.15) is 4.31 Å². The van der Waals surface area contributed by atoms with E-state index in [9.17, 15) is 8.42 Å². The third-order valence-electron chi connectivity index (χ3n) is 5.07. The average molecular weight is 307 g/mol. The van der Waals surface area contributed by atoms with E-state index in [2.05, 4.69) is 0 Å². The summed E-state index contributed by atoms with van der Waals surface area (Å²) < 4.78 is 27.6. The highest BCUT2D eigenvalue weighted by atomic mass is 32.2. The largest absolute Gasteiger partial charge is 0.243 e. The number of nitrogens with zero attached hydrogens (tertiary/aromatic N) is 1. The van der Waals surface area contributed by atoms with Crippen molar-refractivity contribution < 1.29 is 8.42 Å². The molecule has 1 atom stereocenters. The second-order valence-corrected chi connectivity index (χ2v) is 8.43. The van der Waals surface area contributed by atoms with Gasteiger partial charge in [0.05, 0.1) is 4.90 Å². The normalized spacial score (nSPS) is 25.3. The van der Waals surface area contributed by atoms with Gasteiger partial charge in [0.1, 0.15) is 0 Å². The molecule has 116 valence electrons. The Morgan fingerprint density at radius 3 is 2.29 bits per heavy atom. The molecule has 1 aliphatic heterocycles. The van der Waals surface area contributed by atoms with Crippen LogP contribution in [0.3, 0.4) is 0 Å². The maximum atomic E-state index is 12.9. The van der Waals surface area contributed by atoms with Gasteiger partial charge in [-0.25, -0.2) is 8.42 Å². The van der Waals surface area contributed by atoms with E-state index in [1.165, 1.54) is 32.1 Å². The minimum atomic E-state index is -3.32. The van der Waals surface area contributed by atoms with Crippen LogP contribution in [0.4, 0.5) is 0 Å². The zero-order chi connectivity index (χ0) is 14.9. The summed E-state index contributed by atoms with van der Waals surface area (Å²) in [4.78, 5) is 0.454. The third kappa shape index (κ3) is 3.02. The highest BCUT2D eigenvalue weighted by molar-refractivity contribution is 7.89. The summed E-state index contributed by atoms with van der Waals surface area (Å²) in [5.74, 6) is 0.571. The maximum absolute atomic E-state index is 12.9. The topological polar surface area (TPSA) is 37.4 Å². The van der Waals surface area contributed by atoms with Crippen molar-refractivity contribution in [2.45, 2.75) is 62.8 Å². The molecule has 2 fully saturated rings. The van der Waals surface area contributed by atoms with Crippen LogP contribution in [0, 0.1) is 12.8 Å². The zero-order valence-electron chi connectivity index (χ0n) is 12.8. The molecule has 0 N–H and O–H groups in total. The highest BCUT2D eigenvalue weighted by Crippen LogP contribution is 2.37. The van der Waals surface area contributed by atoms with Crippen LogP contribution in [0.1, 0.15) is 50.5 Å². The van der Waals surface area contributed by atoms with E-state index in [1.54, 1.807) is 16.4 Å². The summed E-state index contributed by atoms with van der Waals surface area (Å²) in [6.45, 7) is 2.68. The molecule has 1 saturated heterocycles. The van der Waals surface area contributed by atoms with Crippen molar-refractivity contribution in [1.82, 2.24) is 4.31 Å². The van der Waals surface area contributed by atoms with Gasteiger partial charge in [0.2, 0.25) is 10.0 Å². The number of aryl methyl sites for hydroxylation is 1. The SMILES string of the molecule is Cc1ccc(S(=O)(=O)N2CCC[C@H]2C2CCCCC2)cc1. The standard InChI is InChI=1S/C17H25NO2S/c1-14-9-11-16(12-10-14)21(19,20)18-13-5-8-17(18)15-6-3-2-4-7-15/h9-12,15,17H,2-8,13H2,1H3/t17-/m0/s1. The molecule has 0 spiro atoms. The van der Waals surface area contributed by atoms with Gasteiger partial charge in [-0.05, 0) is 50.7 Å². The first-order valence-corrected chi connectivity index (χ1v) is 9.61. The minimum Gasteiger partial charge on any atom is -0.207 e. The molecule has 0 unspecified atom stereocenters. The predicted molar refractivity (Wildman–Crippen MR) is 84.7 cm³/mol. The smallest absolute Gasteiger partial charge is 0.207 e. The molecule has 1 aromatic carbocycles. The summed E-state index contributed by atoms with van der Waals surface area (Å²) in [6, 6.07) is 7.51. The van der Waals surface area contributed by atoms with Gasteiger partial charge in [0.25, 0.3) is 0 Å². The monoisotopic (exact) mass is 307 g/mol.